The van der Waals surface area contributed by atoms with Crippen LogP contribution in [0.1, 0.15) is 39.3 Å². The average molecular weight is 452 g/mol. The van der Waals surface area contributed by atoms with Crippen LogP contribution >= 0.6 is 0 Å². The molecule has 0 radical (unpaired) electrons. The van der Waals surface area contributed by atoms with E-state index in [0.717, 1.165) is 6.20 Å². The van der Waals surface area contributed by atoms with Gasteiger partial charge in [0.1, 0.15) is 29.7 Å². The van der Waals surface area contributed by atoms with Gasteiger partial charge in [-0.1, -0.05) is 0 Å². The van der Waals surface area contributed by atoms with Gasteiger partial charge in [-0.3, -0.25) is 24.1 Å². The fourth-order valence-electron chi connectivity index (χ4n) is 3.76. The summed E-state index contributed by atoms with van der Waals surface area (Å²) in [6.45, 7) is -0.0657. The normalized spacial score (nSPS) is 18.1. The Morgan fingerprint density at radius 3 is 2.47 bits per heavy atom. The summed E-state index contributed by atoms with van der Waals surface area (Å²) < 4.78 is 41.9. The molecule has 32 heavy (non-hydrogen) atoms. The number of aliphatic hydroxyl groups is 1. The molecule has 3 N–H and O–H groups in total. The van der Waals surface area contributed by atoms with Crippen molar-refractivity contribution in [3.8, 4) is 5.75 Å². The lowest BCUT2D eigenvalue weighted by Gasteiger charge is -2.42. The van der Waals surface area contributed by atoms with Crippen LogP contribution in [0.15, 0.2) is 23.1 Å². The second-order valence-electron chi connectivity index (χ2n) is 7.62. The van der Waals surface area contributed by atoms with E-state index in [0.29, 0.717) is 25.0 Å². The molecule has 0 saturated carbocycles. The van der Waals surface area contributed by atoms with E-state index in [2.05, 4.69) is 5.32 Å². The number of hydrogen-bond donors (Lipinski definition) is 3. The van der Waals surface area contributed by atoms with Crippen LogP contribution in [-0.4, -0.2) is 57.5 Å². The Hall–Kier alpha value is -3.54. The number of amides is 2. The van der Waals surface area contributed by atoms with Crippen LogP contribution in [0.25, 0.3) is 0 Å². The summed E-state index contributed by atoms with van der Waals surface area (Å²) in [5.41, 5.74) is -2.60. The Morgan fingerprint density at radius 2 is 1.78 bits per heavy atom. The maximum Gasteiger partial charge on any atom is 0.277 e. The number of fused-ring (bicyclic) bond motifs is 4. The molecule has 2 bridgehead atoms. The molecule has 2 aliphatic rings. The van der Waals surface area contributed by atoms with Crippen LogP contribution in [-0.2, 0) is 6.54 Å². The summed E-state index contributed by atoms with van der Waals surface area (Å²) in [5.74, 6) is -6.16. The molecule has 4 rings (SSSR count). The van der Waals surface area contributed by atoms with E-state index in [1.54, 1.807) is 5.01 Å². The second kappa shape index (κ2) is 8.19. The highest BCUT2D eigenvalue weighted by molar-refractivity contribution is 5.99. The zero-order valence-electron chi connectivity index (χ0n) is 16.6. The molecule has 1 atom stereocenters. The number of rotatable bonds is 3. The smallest absolute Gasteiger partial charge is 0.277 e. The Labute approximate surface area is 179 Å². The summed E-state index contributed by atoms with van der Waals surface area (Å²) in [6, 6.07) is 0.912. The van der Waals surface area contributed by atoms with Crippen molar-refractivity contribution in [3.63, 3.8) is 0 Å². The highest BCUT2D eigenvalue weighted by atomic mass is 19.1. The van der Waals surface area contributed by atoms with Crippen molar-refractivity contribution in [1.29, 1.82) is 0 Å². The Kier molecular flexibility index (Phi) is 5.55. The molecular weight excluding hydrogens is 433 g/mol. The predicted molar refractivity (Wildman–Crippen MR) is 104 cm³/mol. The summed E-state index contributed by atoms with van der Waals surface area (Å²) in [5, 5.41) is 24.1. The highest BCUT2D eigenvalue weighted by Gasteiger charge is 2.35. The van der Waals surface area contributed by atoms with Crippen LogP contribution < -0.4 is 15.8 Å². The van der Waals surface area contributed by atoms with Gasteiger partial charge < -0.3 is 20.4 Å². The van der Waals surface area contributed by atoms with Crippen molar-refractivity contribution in [3.05, 3.63) is 62.8 Å². The number of benzene rings is 1. The van der Waals surface area contributed by atoms with Gasteiger partial charge in [-0.05, 0) is 12.8 Å². The number of pyridine rings is 1. The second-order valence-corrected chi connectivity index (χ2v) is 7.62. The highest BCUT2D eigenvalue weighted by Crippen LogP contribution is 2.23. The Balaban J connectivity index is 1.66. The molecule has 1 saturated heterocycles. The number of nitrogens with one attached hydrogen (secondary N) is 1. The monoisotopic (exact) mass is 452 g/mol. The van der Waals surface area contributed by atoms with Crippen molar-refractivity contribution >= 4 is 11.8 Å². The van der Waals surface area contributed by atoms with Gasteiger partial charge in [-0.2, -0.15) is 0 Å². The van der Waals surface area contributed by atoms with Crippen LogP contribution in [0.5, 0.6) is 5.75 Å². The zero-order valence-corrected chi connectivity index (χ0v) is 16.6. The first-order chi connectivity index (χ1) is 15.2. The van der Waals surface area contributed by atoms with E-state index in [1.807, 2.05) is 0 Å². The standard InChI is InChI=1S/C20H19F3N4O5/c21-10-5-14(22)12(15(23)6-10)7-24-19(31)13-8-27-16(18(30)17(13)29)20(32)25-3-1-11(28)2-4-26(27)9-25/h5-6,8,11,28,30H,1-4,7,9H2,(H,24,31)/t11-/m0/s1. The van der Waals surface area contributed by atoms with Gasteiger partial charge in [0.15, 0.2) is 11.4 Å². The summed E-state index contributed by atoms with van der Waals surface area (Å²) >= 11 is 0. The molecule has 9 nitrogen and oxygen atoms in total. The molecule has 1 aromatic carbocycles. The number of aromatic hydroxyl groups is 1. The predicted octanol–water partition coefficient (Wildman–Crippen LogP) is 0.407. The topological polar surface area (TPSA) is 115 Å². The molecule has 170 valence electrons. The molecule has 1 aromatic heterocycles. The maximum atomic E-state index is 13.8. The first-order valence-electron chi connectivity index (χ1n) is 9.80. The van der Waals surface area contributed by atoms with Crippen LogP contribution in [0.2, 0.25) is 0 Å². The Bertz CT molecular complexity index is 1150. The third kappa shape index (κ3) is 3.77. The van der Waals surface area contributed by atoms with E-state index < -0.39 is 64.2 Å². The van der Waals surface area contributed by atoms with Crippen molar-refractivity contribution in [2.45, 2.75) is 25.5 Å². The van der Waals surface area contributed by atoms with E-state index in [9.17, 15) is 37.8 Å². The van der Waals surface area contributed by atoms with Crippen LogP contribution in [0.4, 0.5) is 13.2 Å². The Morgan fingerprint density at radius 1 is 1.12 bits per heavy atom. The summed E-state index contributed by atoms with van der Waals surface area (Å²) in [7, 11) is 0. The molecule has 0 unspecified atom stereocenters. The van der Waals surface area contributed by atoms with E-state index >= 15 is 0 Å². The molecule has 0 spiro atoms. The van der Waals surface area contributed by atoms with Gasteiger partial charge in [-0.25, -0.2) is 13.2 Å². The first kappa shape index (κ1) is 21.7. The fourth-order valence-corrected chi connectivity index (χ4v) is 3.76. The lowest BCUT2D eigenvalue weighted by atomic mass is 10.1. The zero-order chi connectivity index (χ0) is 23.2. The fraction of sp³-hybridized carbons (Fsp3) is 0.350. The molecule has 2 amide bonds. The van der Waals surface area contributed by atoms with Crippen molar-refractivity contribution in [2.75, 3.05) is 24.8 Å². The first-order valence-corrected chi connectivity index (χ1v) is 9.80. The largest absolute Gasteiger partial charge is 0.502 e. The summed E-state index contributed by atoms with van der Waals surface area (Å²) in [4.78, 5) is 39.3. The minimum absolute atomic E-state index is 0.119. The number of hydrogen-bond acceptors (Lipinski definition) is 6. The molecular formula is C20H19F3N4O5. The van der Waals surface area contributed by atoms with Crippen molar-refractivity contribution in [2.24, 2.45) is 0 Å². The van der Waals surface area contributed by atoms with Gasteiger partial charge in [0.25, 0.3) is 11.8 Å². The van der Waals surface area contributed by atoms with Crippen LogP contribution in [0, 0.1) is 17.5 Å². The SMILES string of the molecule is O=C(NCc1c(F)cc(F)cc1F)c1cn2c(c(O)c1=O)C(=O)N1CC[C@H](O)CCN2C1. The van der Waals surface area contributed by atoms with Gasteiger partial charge in [-0.15, -0.1) is 0 Å². The lowest BCUT2D eigenvalue weighted by Crippen LogP contribution is -2.56. The minimum atomic E-state index is -1.21. The quantitative estimate of drug-likeness (QED) is 0.622. The van der Waals surface area contributed by atoms with E-state index in [1.165, 1.54) is 9.58 Å². The van der Waals surface area contributed by atoms with E-state index in [4.69, 9.17) is 0 Å². The number of aliphatic hydroxyl groups excluding tert-OH is 1. The molecule has 0 aliphatic carbocycles. The molecule has 3 heterocycles. The van der Waals surface area contributed by atoms with Gasteiger partial charge in [0, 0.05) is 43.5 Å². The van der Waals surface area contributed by atoms with E-state index in [-0.39, 0.29) is 25.5 Å². The lowest BCUT2D eigenvalue weighted by molar-refractivity contribution is 0.0590. The number of aromatic nitrogens is 1. The third-order valence-electron chi connectivity index (χ3n) is 5.52. The molecule has 12 heteroatoms. The summed E-state index contributed by atoms with van der Waals surface area (Å²) in [6.07, 6.45) is 1.12. The van der Waals surface area contributed by atoms with Gasteiger partial charge in [0.2, 0.25) is 5.43 Å². The third-order valence-corrected chi connectivity index (χ3v) is 5.52. The molecule has 2 aromatic rings. The maximum absolute atomic E-state index is 13.8. The van der Waals surface area contributed by atoms with Gasteiger partial charge in [0.05, 0.1) is 6.10 Å². The number of carbonyl (C=O) groups is 2. The number of carbonyl (C=O) groups excluding carboxylic acids is 2. The minimum Gasteiger partial charge on any atom is -0.502 e. The number of nitrogens with zero attached hydrogens (tertiary/aromatic N) is 3. The molecule has 2 aliphatic heterocycles. The van der Waals surface area contributed by atoms with Gasteiger partial charge >= 0.3 is 0 Å². The van der Waals surface area contributed by atoms with Crippen molar-refractivity contribution in [1.82, 2.24) is 14.9 Å². The molecule has 1 fully saturated rings. The average Bonchev–Trinajstić information content (AvgIpc) is 2.72. The number of halogens is 3. The van der Waals surface area contributed by atoms with Crippen molar-refractivity contribution < 1.29 is 33.0 Å². The van der Waals surface area contributed by atoms with Crippen LogP contribution in [0.3, 0.4) is 0 Å².